The van der Waals surface area contributed by atoms with Crippen LogP contribution in [0.1, 0.15) is 6.42 Å². The van der Waals surface area contributed by atoms with Gasteiger partial charge in [-0.2, -0.15) is 0 Å². The molecule has 56 valence electrons. The molecule has 1 aliphatic rings. The molecule has 0 radical (unpaired) electrons. The largest absolute Gasteiger partial charge is 0.468 e. The summed E-state index contributed by atoms with van der Waals surface area (Å²) in [6, 6.07) is 0. The molecule has 0 aromatic rings. The van der Waals surface area contributed by atoms with Crippen molar-refractivity contribution in [2.75, 3.05) is 7.11 Å². The minimum absolute atomic E-state index is 0.360. The van der Waals surface area contributed by atoms with Crippen molar-refractivity contribution >= 4 is 5.97 Å². The quantitative estimate of drug-likeness (QED) is 0.417. The minimum atomic E-state index is -0.576. The van der Waals surface area contributed by atoms with E-state index >= 15 is 0 Å². The van der Waals surface area contributed by atoms with Crippen molar-refractivity contribution in [3.05, 3.63) is 12.2 Å². The minimum Gasteiger partial charge on any atom is -0.468 e. The number of methoxy groups -OCH3 is 1. The van der Waals surface area contributed by atoms with Crippen molar-refractivity contribution in [2.24, 2.45) is 5.92 Å². The summed E-state index contributed by atoms with van der Waals surface area (Å²) in [7, 11) is 1.32. The number of aliphatic hydroxyl groups is 1. The van der Waals surface area contributed by atoms with E-state index in [-0.39, 0.29) is 5.97 Å². The summed E-state index contributed by atoms with van der Waals surface area (Å²) in [4.78, 5) is 10.8. The highest BCUT2D eigenvalue weighted by Crippen LogP contribution is 2.18. The highest BCUT2D eigenvalue weighted by Gasteiger charge is 2.27. The standard InChI is InChI=1S/C7H10O3/c1-10-7(9)5-3-2-4-6(5)8/h2-3,5-6,8H,4H2,1H3/t5-,6-/m1/s1. The second-order valence-electron chi connectivity index (χ2n) is 2.28. The lowest BCUT2D eigenvalue weighted by Crippen LogP contribution is -2.23. The summed E-state index contributed by atoms with van der Waals surface area (Å²) in [5.74, 6) is -0.800. The number of aliphatic hydroxyl groups excluding tert-OH is 1. The predicted octanol–water partition coefficient (Wildman–Crippen LogP) is 0.0964. The van der Waals surface area contributed by atoms with E-state index in [1.165, 1.54) is 7.11 Å². The van der Waals surface area contributed by atoms with Crippen molar-refractivity contribution in [1.29, 1.82) is 0 Å². The van der Waals surface area contributed by atoms with Crippen LogP contribution in [0.5, 0.6) is 0 Å². The van der Waals surface area contributed by atoms with Crippen LogP contribution in [0, 0.1) is 5.92 Å². The Bertz CT molecular complexity index is 162. The smallest absolute Gasteiger partial charge is 0.315 e. The Morgan fingerprint density at radius 2 is 2.50 bits per heavy atom. The molecule has 3 heteroatoms. The van der Waals surface area contributed by atoms with Crippen molar-refractivity contribution in [1.82, 2.24) is 0 Å². The average molecular weight is 142 g/mol. The van der Waals surface area contributed by atoms with Gasteiger partial charge >= 0.3 is 5.97 Å². The molecule has 3 nitrogen and oxygen atoms in total. The molecule has 0 amide bonds. The lowest BCUT2D eigenvalue weighted by Gasteiger charge is -2.09. The Hall–Kier alpha value is -0.830. The number of carbonyl (C=O) groups excluding carboxylic acids is 1. The first-order valence-electron chi connectivity index (χ1n) is 3.18. The third-order valence-electron chi connectivity index (χ3n) is 1.61. The van der Waals surface area contributed by atoms with Crippen molar-refractivity contribution < 1.29 is 14.6 Å². The molecule has 0 saturated carbocycles. The van der Waals surface area contributed by atoms with E-state index in [1.807, 2.05) is 0 Å². The van der Waals surface area contributed by atoms with Crippen LogP contribution in [0.3, 0.4) is 0 Å². The number of rotatable bonds is 1. The summed E-state index contributed by atoms with van der Waals surface area (Å²) in [6.45, 7) is 0. The second-order valence-corrected chi connectivity index (χ2v) is 2.28. The Labute approximate surface area is 59.3 Å². The first-order chi connectivity index (χ1) is 4.75. The third-order valence-corrected chi connectivity index (χ3v) is 1.61. The molecule has 1 rings (SSSR count). The molecular formula is C7H10O3. The van der Waals surface area contributed by atoms with Gasteiger partial charge in [0, 0.05) is 0 Å². The van der Waals surface area contributed by atoms with Gasteiger partial charge in [0.05, 0.1) is 13.2 Å². The summed E-state index contributed by atoms with van der Waals surface area (Å²) < 4.78 is 4.45. The maximum Gasteiger partial charge on any atom is 0.315 e. The Morgan fingerprint density at radius 3 is 2.90 bits per heavy atom. The highest BCUT2D eigenvalue weighted by atomic mass is 16.5. The second kappa shape index (κ2) is 2.84. The van der Waals surface area contributed by atoms with Crippen LogP contribution in [0.25, 0.3) is 0 Å². The average Bonchev–Trinajstić information content (AvgIpc) is 2.34. The fraction of sp³-hybridized carbons (Fsp3) is 0.571. The van der Waals surface area contributed by atoms with Gasteiger partial charge in [-0.25, -0.2) is 0 Å². The van der Waals surface area contributed by atoms with Crippen LogP contribution >= 0.6 is 0 Å². The molecule has 0 aromatic heterocycles. The molecule has 0 aromatic carbocycles. The van der Waals surface area contributed by atoms with Crippen LogP contribution < -0.4 is 0 Å². The van der Waals surface area contributed by atoms with Gasteiger partial charge in [-0.1, -0.05) is 12.2 Å². The summed E-state index contributed by atoms with van der Waals surface area (Å²) in [5.41, 5.74) is 0. The van der Waals surface area contributed by atoms with Crippen molar-refractivity contribution in [3.8, 4) is 0 Å². The Balaban J connectivity index is 2.55. The number of hydrogen-bond acceptors (Lipinski definition) is 3. The van der Waals surface area contributed by atoms with E-state index in [1.54, 1.807) is 12.2 Å². The van der Waals surface area contributed by atoms with E-state index in [0.29, 0.717) is 6.42 Å². The molecule has 0 saturated heterocycles. The summed E-state index contributed by atoms with van der Waals surface area (Å²) >= 11 is 0. The molecule has 0 fully saturated rings. The monoisotopic (exact) mass is 142 g/mol. The van der Waals surface area contributed by atoms with Gasteiger partial charge in [0.2, 0.25) is 0 Å². The topological polar surface area (TPSA) is 46.5 Å². The van der Waals surface area contributed by atoms with Gasteiger partial charge in [-0.15, -0.1) is 0 Å². The van der Waals surface area contributed by atoms with Crippen molar-refractivity contribution in [2.45, 2.75) is 12.5 Å². The fourth-order valence-electron chi connectivity index (χ4n) is 1.01. The van der Waals surface area contributed by atoms with E-state index in [2.05, 4.69) is 4.74 Å². The Kier molecular flexibility index (Phi) is 2.06. The van der Waals surface area contributed by atoms with E-state index < -0.39 is 12.0 Å². The van der Waals surface area contributed by atoms with Gasteiger partial charge < -0.3 is 9.84 Å². The third kappa shape index (κ3) is 1.19. The van der Waals surface area contributed by atoms with Crippen LogP contribution in [0.15, 0.2) is 12.2 Å². The van der Waals surface area contributed by atoms with Gasteiger partial charge in [0.1, 0.15) is 5.92 Å². The zero-order valence-electron chi connectivity index (χ0n) is 5.78. The predicted molar refractivity (Wildman–Crippen MR) is 35.3 cm³/mol. The van der Waals surface area contributed by atoms with Crippen molar-refractivity contribution in [3.63, 3.8) is 0 Å². The van der Waals surface area contributed by atoms with Crippen LogP contribution in [0.4, 0.5) is 0 Å². The van der Waals surface area contributed by atoms with Gasteiger partial charge in [-0.3, -0.25) is 4.79 Å². The Morgan fingerprint density at radius 1 is 1.80 bits per heavy atom. The van der Waals surface area contributed by atoms with Crippen LogP contribution in [0.2, 0.25) is 0 Å². The first-order valence-corrected chi connectivity index (χ1v) is 3.18. The van der Waals surface area contributed by atoms with Gasteiger partial charge in [0.15, 0.2) is 0 Å². The molecule has 0 spiro atoms. The van der Waals surface area contributed by atoms with E-state index in [4.69, 9.17) is 5.11 Å². The van der Waals surface area contributed by atoms with Crippen LogP contribution in [-0.4, -0.2) is 24.3 Å². The maximum absolute atomic E-state index is 10.8. The lowest BCUT2D eigenvalue weighted by atomic mass is 10.1. The first kappa shape index (κ1) is 7.28. The molecule has 10 heavy (non-hydrogen) atoms. The van der Waals surface area contributed by atoms with E-state index in [9.17, 15) is 4.79 Å². The van der Waals surface area contributed by atoms with Gasteiger partial charge in [-0.05, 0) is 6.42 Å². The molecular weight excluding hydrogens is 132 g/mol. The molecule has 1 aliphatic carbocycles. The van der Waals surface area contributed by atoms with Crippen LogP contribution in [-0.2, 0) is 9.53 Å². The number of carbonyl (C=O) groups is 1. The zero-order chi connectivity index (χ0) is 7.56. The molecule has 0 heterocycles. The molecule has 2 atom stereocenters. The van der Waals surface area contributed by atoms with E-state index in [0.717, 1.165) is 0 Å². The number of ether oxygens (including phenoxy) is 1. The molecule has 0 aliphatic heterocycles. The zero-order valence-corrected chi connectivity index (χ0v) is 5.78. The normalized spacial score (nSPS) is 30.6. The maximum atomic E-state index is 10.8. The highest BCUT2D eigenvalue weighted by molar-refractivity contribution is 5.75. The summed E-state index contributed by atoms with van der Waals surface area (Å²) in [6.07, 6.45) is 3.44. The molecule has 0 bridgehead atoms. The van der Waals surface area contributed by atoms with Gasteiger partial charge in [0.25, 0.3) is 0 Å². The lowest BCUT2D eigenvalue weighted by molar-refractivity contribution is -0.146. The molecule has 0 unspecified atom stereocenters. The SMILES string of the molecule is COC(=O)[C@@H]1C=CC[C@H]1O. The summed E-state index contributed by atoms with van der Waals surface area (Å²) in [5, 5.41) is 9.13. The fourth-order valence-corrected chi connectivity index (χ4v) is 1.01. The number of hydrogen-bond donors (Lipinski definition) is 1. The molecule has 1 N–H and O–H groups in total. The number of esters is 1.